The number of aromatic nitrogens is 2. The number of aliphatic carboxylic acids is 1. The maximum Gasteiger partial charge on any atom is 0.326 e. The first-order chi connectivity index (χ1) is 9.13. The van der Waals surface area contributed by atoms with Gasteiger partial charge in [0.05, 0.1) is 17.3 Å². The van der Waals surface area contributed by atoms with Crippen LogP contribution >= 0.6 is 0 Å². The molecule has 0 aliphatic rings. The highest BCUT2D eigenvalue weighted by atomic mass is 16.4. The van der Waals surface area contributed by atoms with E-state index < -0.39 is 17.9 Å². The second-order valence-electron chi connectivity index (χ2n) is 4.29. The Morgan fingerprint density at radius 1 is 1.47 bits per heavy atom. The first kappa shape index (κ1) is 13.1. The van der Waals surface area contributed by atoms with E-state index in [-0.39, 0.29) is 0 Å². The molecule has 0 bridgehead atoms. The number of nitrogens with zero attached hydrogens (tertiary/aromatic N) is 1. The van der Waals surface area contributed by atoms with Crippen molar-refractivity contribution in [1.82, 2.24) is 15.5 Å². The molecule has 1 aromatic carbocycles. The highest BCUT2D eigenvalue weighted by molar-refractivity contribution is 6.07. The van der Waals surface area contributed by atoms with Crippen LogP contribution in [-0.2, 0) is 4.79 Å². The van der Waals surface area contributed by atoms with E-state index in [1.54, 1.807) is 24.4 Å². The smallest absolute Gasteiger partial charge is 0.326 e. The van der Waals surface area contributed by atoms with Gasteiger partial charge in [-0.15, -0.1) is 0 Å². The Morgan fingerprint density at radius 3 is 2.95 bits per heavy atom. The maximum atomic E-state index is 12.1. The molecular formula is C13H15N3O3. The number of carbonyl (C=O) groups is 2. The number of carboxylic acids is 1. The molecule has 6 nitrogen and oxygen atoms in total. The minimum Gasteiger partial charge on any atom is -0.480 e. The van der Waals surface area contributed by atoms with Gasteiger partial charge in [-0.2, -0.15) is 5.10 Å². The quantitative estimate of drug-likeness (QED) is 0.760. The van der Waals surface area contributed by atoms with Crippen molar-refractivity contribution in [3.8, 4) is 0 Å². The number of amides is 1. The lowest BCUT2D eigenvalue weighted by Crippen LogP contribution is -2.40. The van der Waals surface area contributed by atoms with Crippen LogP contribution in [0.2, 0.25) is 0 Å². The molecule has 0 saturated carbocycles. The number of H-pyrrole nitrogens is 1. The van der Waals surface area contributed by atoms with Gasteiger partial charge in [-0.25, -0.2) is 4.79 Å². The first-order valence-corrected chi connectivity index (χ1v) is 6.09. The van der Waals surface area contributed by atoms with E-state index in [0.717, 1.165) is 5.52 Å². The van der Waals surface area contributed by atoms with Crippen molar-refractivity contribution < 1.29 is 14.7 Å². The van der Waals surface area contributed by atoms with Crippen molar-refractivity contribution in [2.75, 3.05) is 0 Å². The molecule has 1 atom stereocenters. The fourth-order valence-corrected chi connectivity index (χ4v) is 1.95. The van der Waals surface area contributed by atoms with Gasteiger partial charge < -0.3 is 10.4 Å². The van der Waals surface area contributed by atoms with Crippen LogP contribution in [0.5, 0.6) is 0 Å². The van der Waals surface area contributed by atoms with Crippen molar-refractivity contribution in [3.63, 3.8) is 0 Å². The number of carboxylic acid groups (broad SMARTS) is 1. The van der Waals surface area contributed by atoms with E-state index in [2.05, 4.69) is 15.5 Å². The molecule has 2 rings (SSSR count). The Bertz CT molecular complexity index is 606. The Kier molecular flexibility index (Phi) is 3.79. The van der Waals surface area contributed by atoms with E-state index >= 15 is 0 Å². The summed E-state index contributed by atoms with van der Waals surface area (Å²) < 4.78 is 0. The maximum absolute atomic E-state index is 12.1. The molecule has 0 aliphatic carbocycles. The molecule has 0 saturated heterocycles. The minimum atomic E-state index is -1.02. The second-order valence-corrected chi connectivity index (χ2v) is 4.29. The fraction of sp³-hybridized carbons (Fsp3) is 0.308. The van der Waals surface area contributed by atoms with Crippen LogP contribution in [0.15, 0.2) is 24.4 Å². The molecule has 1 heterocycles. The van der Waals surface area contributed by atoms with Gasteiger partial charge in [0.2, 0.25) is 0 Å². The standard InChI is InChI=1S/C13H15N3O3/c1-2-4-11(13(18)19)15-12(17)8-5-3-6-10-9(8)7-14-16-10/h3,5-7,11H,2,4H2,1H3,(H,14,16)(H,15,17)(H,18,19). The molecule has 19 heavy (non-hydrogen) atoms. The summed E-state index contributed by atoms with van der Waals surface area (Å²) in [7, 11) is 0. The van der Waals surface area contributed by atoms with Crippen molar-refractivity contribution in [2.24, 2.45) is 0 Å². The molecule has 0 radical (unpaired) electrons. The Hall–Kier alpha value is -2.37. The number of fused-ring (bicyclic) bond motifs is 1. The van der Waals surface area contributed by atoms with Crippen LogP contribution in [0.4, 0.5) is 0 Å². The van der Waals surface area contributed by atoms with Gasteiger partial charge in [-0.05, 0) is 18.6 Å². The molecule has 0 aliphatic heterocycles. The molecule has 100 valence electrons. The van der Waals surface area contributed by atoms with E-state index in [4.69, 9.17) is 5.11 Å². The van der Waals surface area contributed by atoms with Gasteiger partial charge >= 0.3 is 5.97 Å². The number of benzene rings is 1. The number of rotatable bonds is 5. The highest BCUT2D eigenvalue weighted by Gasteiger charge is 2.20. The number of nitrogens with one attached hydrogen (secondary N) is 2. The van der Waals surface area contributed by atoms with Crippen LogP contribution in [0.3, 0.4) is 0 Å². The van der Waals surface area contributed by atoms with Crippen molar-refractivity contribution in [1.29, 1.82) is 0 Å². The number of carbonyl (C=O) groups excluding carboxylic acids is 1. The van der Waals surface area contributed by atoms with E-state index in [9.17, 15) is 9.59 Å². The Morgan fingerprint density at radius 2 is 2.26 bits per heavy atom. The number of hydrogen-bond acceptors (Lipinski definition) is 3. The normalized spacial score (nSPS) is 12.3. The Labute approximate surface area is 109 Å². The van der Waals surface area contributed by atoms with Crippen LogP contribution in [-0.4, -0.2) is 33.2 Å². The van der Waals surface area contributed by atoms with Gasteiger partial charge in [-0.1, -0.05) is 19.4 Å². The van der Waals surface area contributed by atoms with Gasteiger partial charge in [0.25, 0.3) is 5.91 Å². The molecule has 0 spiro atoms. The average molecular weight is 261 g/mol. The van der Waals surface area contributed by atoms with Crippen molar-refractivity contribution >= 4 is 22.8 Å². The summed E-state index contributed by atoms with van der Waals surface area (Å²) in [5.74, 6) is -1.41. The number of hydrogen-bond donors (Lipinski definition) is 3. The van der Waals surface area contributed by atoms with E-state index in [0.29, 0.717) is 23.8 Å². The lowest BCUT2D eigenvalue weighted by Gasteiger charge is -2.13. The third kappa shape index (κ3) is 2.73. The van der Waals surface area contributed by atoms with Crippen LogP contribution in [0.25, 0.3) is 10.9 Å². The largest absolute Gasteiger partial charge is 0.480 e. The predicted octanol–water partition coefficient (Wildman–Crippen LogP) is 1.55. The van der Waals surface area contributed by atoms with Gasteiger partial charge in [-0.3, -0.25) is 9.89 Å². The van der Waals surface area contributed by atoms with Crippen LogP contribution in [0, 0.1) is 0 Å². The van der Waals surface area contributed by atoms with Crippen molar-refractivity contribution in [2.45, 2.75) is 25.8 Å². The zero-order valence-corrected chi connectivity index (χ0v) is 10.5. The predicted molar refractivity (Wildman–Crippen MR) is 69.9 cm³/mol. The summed E-state index contributed by atoms with van der Waals surface area (Å²) in [4.78, 5) is 23.2. The lowest BCUT2D eigenvalue weighted by atomic mass is 10.1. The molecule has 3 N–H and O–H groups in total. The first-order valence-electron chi connectivity index (χ1n) is 6.09. The Balaban J connectivity index is 2.24. The van der Waals surface area contributed by atoms with E-state index in [1.165, 1.54) is 0 Å². The summed E-state index contributed by atoms with van der Waals surface area (Å²) in [6.45, 7) is 1.87. The van der Waals surface area contributed by atoms with Crippen LogP contribution < -0.4 is 5.32 Å². The summed E-state index contributed by atoms with van der Waals surface area (Å²) >= 11 is 0. The molecule has 1 unspecified atom stereocenters. The topological polar surface area (TPSA) is 95.1 Å². The lowest BCUT2D eigenvalue weighted by molar-refractivity contribution is -0.139. The van der Waals surface area contributed by atoms with E-state index in [1.807, 2.05) is 6.92 Å². The third-order valence-electron chi connectivity index (χ3n) is 2.91. The number of aromatic amines is 1. The molecule has 1 aromatic heterocycles. The second kappa shape index (κ2) is 5.51. The van der Waals surface area contributed by atoms with Crippen LogP contribution in [0.1, 0.15) is 30.1 Å². The molecule has 0 fully saturated rings. The van der Waals surface area contributed by atoms with Gasteiger partial charge in [0.1, 0.15) is 6.04 Å². The fourth-order valence-electron chi connectivity index (χ4n) is 1.95. The zero-order chi connectivity index (χ0) is 13.8. The molecule has 6 heteroatoms. The third-order valence-corrected chi connectivity index (χ3v) is 2.91. The summed E-state index contributed by atoms with van der Waals surface area (Å²) in [6.07, 6.45) is 2.65. The van der Waals surface area contributed by atoms with Gasteiger partial charge in [0, 0.05) is 5.39 Å². The monoisotopic (exact) mass is 261 g/mol. The summed E-state index contributed by atoms with van der Waals surface area (Å²) in [5.41, 5.74) is 1.17. The molecule has 2 aromatic rings. The molecule has 1 amide bonds. The zero-order valence-electron chi connectivity index (χ0n) is 10.5. The van der Waals surface area contributed by atoms with Gasteiger partial charge in [0.15, 0.2) is 0 Å². The molecular weight excluding hydrogens is 246 g/mol. The summed E-state index contributed by atoms with van der Waals surface area (Å²) in [6, 6.07) is 4.32. The minimum absolute atomic E-state index is 0.396. The summed E-state index contributed by atoms with van der Waals surface area (Å²) in [5, 5.41) is 18.9. The average Bonchev–Trinajstić information content (AvgIpc) is 2.85. The SMILES string of the molecule is CCCC(NC(=O)c1cccc2[nH]ncc12)C(=O)O. The highest BCUT2D eigenvalue weighted by Crippen LogP contribution is 2.16. The van der Waals surface area contributed by atoms with Crippen molar-refractivity contribution in [3.05, 3.63) is 30.0 Å².